The highest BCUT2D eigenvalue weighted by Gasteiger charge is 2.28. The van der Waals surface area contributed by atoms with Crippen molar-refractivity contribution in [1.82, 2.24) is 19.9 Å². The van der Waals surface area contributed by atoms with Crippen LogP contribution in [0.2, 0.25) is 0 Å². The number of nitrogens with one attached hydrogen (secondary N) is 1. The van der Waals surface area contributed by atoms with Gasteiger partial charge in [0.15, 0.2) is 0 Å². The lowest BCUT2D eigenvalue weighted by Gasteiger charge is -2.19. The monoisotopic (exact) mass is 403 g/mol. The van der Waals surface area contributed by atoms with Crippen LogP contribution in [0.25, 0.3) is 5.82 Å². The second kappa shape index (κ2) is 7.10. The van der Waals surface area contributed by atoms with Gasteiger partial charge in [-0.15, -0.1) is 0 Å². The van der Waals surface area contributed by atoms with Gasteiger partial charge in [0.05, 0.1) is 18.3 Å². The van der Waals surface area contributed by atoms with Crippen LogP contribution in [0.1, 0.15) is 12.8 Å². The lowest BCUT2D eigenvalue weighted by atomic mass is 10.2. The summed E-state index contributed by atoms with van der Waals surface area (Å²) in [6.45, 7) is 1.46. The number of hydrogen-bond donors (Lipinski definition) is 1. The zero-order chi connectivity index (χ0) is 17.2. The number of pyridine rings is 1. The Hall–Kier alpha value is -1.61. The summed E-state index contributed by atoms with van der Waals surface area (Å²) in [6.07, 6.45) is 1.20. The standard InChI is InChI=1S/C15H17BrF3N5/c16-13-9-24(10-22-13)14-2-1-12(7-21-14)23-6-3-11(8-23)20-5-4-15(17,18)19/h1-2,7,9-11,20H,3-6,8H2/t11-/m1/s1. The molecule has 5 nitrogen and oxygen atoms in total. The van der Waals surface area contributed by atoms with Gasteiger partial charge in [-0.05, 0) is 34.5 Å². The average molecular weight is 404 g/mol. The number of hydrogen-bond acceptors (Lipinski definition) is 4. The van der Waals surface area contributed by atoms with E-state index in [0.29, 0.717) is 6.54 Å². The van der Waals surface area contributed by atoms with E-state index in [0.717, 1.165) is 29.1 Å². The molecule has 2 aromatic rings. The lowest BCUT2D eigenvalue weighted by Crippen LogP contribution is -2.34. The van der Waals surface area contributed by atoms with Crippen LogP contribution in [0.4, 0.5) is 18.9 Å². The van der Waals surface area contributed by atoms with Crippen LogP contribution < -0.4 is 10.2 Å². The average Bonchev–Trinajstić information content (AvgIpc) is 3.15. The van der Waals surface area contributed by atoms with Crippen molar-refractivity contribution >= 4 is 21.6 Å². The first-order chi connectivity index (χ1) is 11.4. The summed E-state index contributed by atoms with van der Waals surface area (Å²) in [7, 11) is 0. The molecule has 1 aliphatic heterocycles. The van der Waals surface area contributed by atoms with Gasteiger partial charge in [0.2, 0.25) is 0 Å². The van der Waals surface area contributed by atoms with Gasteiger partial charge in [0.25, 0.3) is 0 Å². The maximum absolute atomic E-state index is 12.2. The molecule has 24 heavy (non-hydrogen) atoms. The van der Waals surface area contributed by atoms with E-state index in [-0.39, 0.29) is 12.6 Å². The minimum atomic E-state index is -4.10. The Labute approximate surface area is 146 Å². The van der Waals surface area contributed by atoms with Gasteiger partial charge in [0.1, 0.15) is 16.7 Å². The molecule has 1 aliphatic rings. The molecule has 0 amide bonds. The summed E-state index contributed by atoms with van der Waals surface area (Å²) in [5, 5.41) is 2.98. The topological polar surface area (TPSA) is 46.0 Å². The molecule has 0 saturated carbocycles. The summed E-state index contributed by atoms with van der Waals surface area (Å²) in [5.74, 6) is 0.760. The molecular formula is C15H17BrF3N5. The molecule has 1 N–H and O–H groups in total. The van der Waals surface area contributed by atoms with Crippen LogP contribution in [0.5, 0.6) is 0 Å². The van der Waals surface area contributed by atoms with Crippen LogP contribution >= 0.6 is 15.9 Å². The number of rotatable bonds is 5. The third-order valence-electron chi connectivity index (χ3n) is 3.94. The first kappa shape index (κ1) is 17.2. The quantitative estimate of drug-likeness (QED) is 0.832. The summed E-state index contributed by atoms with van der Waals surface area (Å²) in [6, 6.07) is 3.94. The number of anilines is 1. The zero-order valence-electron chi connectivity index (χ0n) is 12.8. The minimum absolute atomic E-state index is 0.0330. The molecule has 9 heteroatoms. The molecule has 0 radical (unpaired) electrons. The summed E-state index contributed by atoms with van der Waals surface area (Å²) in [4.78, 5) is 10.6. The van der Waals surface area contributed by atoms with E-state index < -0.39 is 12.6 Å². The Kier molecular flexibility index (Phi) is 5.09. The van der Waals surface area contributed by atoms with Gasteiger partial charge in [-0.2, -0.15) is 13.2 Å². The summed E-state index contributed by atoms with van der Waals surface area (Å²) in [5.41, 5.74) is 0.970. The normalized spacial score (nSPS) is 18.3. The summed E-state index contributed by atoms with van der Waals surface area (Å²) < 4.78 is 39.1. The maximum Gasteiger partial charge on any atom is 0.390 e. The van der Waals surface area contributed by atoms with Crippen molar-refractivity contribution in [1.29, 1.82) is 0 Å². The van der Waals surface area contributed by atoms with E-state index in [4.69, 9.17) is 0 Å². The second-order valence-corrected chi connectivity index (χ2v) is 6.54. The molecule has 0 unspecified atom stereocenters. The van der Waals surface area contributed by atoms with Crippen molar-refractivity contribution in [3.05, 3.63) is 35.5 Å². The van der Waals surface area contributed by atoms with Gasteiger partial charge in [-0.1, -0.05) is 0 Å². The molecule has 3 heterocycles. The highest BCUT2D eigenvalue weighted by atomic mass is 79.9. The lowest BCUT2D eigenvalue weighted by molar-refractivity contribution is -0.133. The molecule has 1 fully saturated rings. The zero-order valence-corrected chi connectivity index (χ0v) is 14.4. The van der Waals surface area contributed by atoms with Crippen LogP contribution in [0.15, 0.2) is 35.5 Å². The predicted octanol–water partition coefficient (Wildman–Crippen LogP) is 3.15. The number of alkyl halides is 3. The molecule has 2 aromatic heterocycles. The van der Waals surface area contributed by atoms with Gasteiger partial charge in [-0.3, -0.25) is 4.57 Å². The van der Waals surface area contributed by atoms with Crippen LogP contribution in [-0.4, -0.2) is 46.4 Å². The fourth-order valence-electron chi connectivity index (χ4n) is 2.72. The fourth-order valence-corrected chi connectivity index (χ4v) is 3.03. The Morgan fingerprint density at radius 3 is 2.75 bits per heavy atom. The molecule has 0 spiro atoms. The molecular weight excluding hydrogens is 387 g/mol. The van der Waals surface area contributed by atoms with Crippen LogP contribution in [0.3, 0.4) is 0 Å². The van der Waals surface area contributed by atoms with Crippen LogP contribution in [0, 0.1) is 0 Å². The number of nitrogens with zero attached hydrogens (tertiary/aromatic N) is 4. The molecule has 0 aromatic carbocycles. The van der Waals surface area contributed by atoms with Crippen molar-refractivity contribution in [2.75, 3.05) is 24.5 Å². The van der Waals surface area contributed by atoms with Crippen molar-refractivity contribution in [2.45, 2.75) is 25.1 Å². The Morgan fingerprint density at radius 2 is 2.12 bits per heavy atom. The first-order valence-corrected chi connectivity index (χ1v) is 8.41. The molecule has 3 rings (SSSR count). The fraction of sp³-hybridized carbons (Fsp3) is 0.467. The van der Waals surface area contributed by atoms with Gasteiger partial charge in [0, 0.05) is 31.9 Å². The Bertz CT molecular complexity index is 670. The predicted molar refractivity (Wildman–Crippen MR) is 88.4 cm³/mol. The highest BCUT2D eigenvalue weighted by Crippen LogP contribution is 2.22. The number of aromatic nitrogens is 3. The summed E-state index contributed by atoms with van der Waals surface area (Å²) >= 11 is 3.29. The molecule has 1 saturated heterocycles. The first-order valence-electron chi connectivity index (χ1n) is 7.62. The second-order valence-electron chi connectivity index (χ2n) is 5.73. The molecule has 1 atom stereocenters. The van der Waals surface area contributed by atoms with Gasteiger partial charge in [-0.25, -0.2) is 9.97 Å². The third-order valence-corrected chi connectivity index (χ3v) is 4.35. The minimum Gasteiger partial charge on any atom is -0.369 e. The van der Waals surface area contributed by atoms with Crippen molar-refractivity contribution < 1.29 is 13.2 Å². The van der Waals surface area contributed by atoms with E-state index in [2.05, 4.69) is 36.1 Å². The van der Waals surface area contributed by atoms with Crippen molar-refractivity contribution in [3.63, 3.8) is 0 Å². The number of halogens is 4. The van der Waals surface area contributed by atoms with Gasteiger partial charge >= 0.3 is 6.18 Å². The molecule has 130 valence electrons. The van der Waals surface area contributed by atoms with E-state index in [1.54, 1.807) is 17.1 Å². The Balaban J connectivity index is 1.54. The Morgan fingerprint density at radius 1 is 1.29 bits per heavy atom. The number of imidazole rings is 1. The van der Waals surface area contributed by atoms with E-state index in [9.17, 15) is 13.2 Å². The van der Waals surface area contributed by atoms with Crippen LogP contribution in [-0.2, 0) is 0 Å². The van der Waals surface area contributed by atoms with Gasteiger partial charge < -0.3 is 10.2 Å². The SMILES string of the molecule is FC(F)(F)CCN[C@@H]1CCN(c2ccc(-n3cnc(Br)c3)nc2)C1. The van der Waals surface area contributed by atoms with E-state index in [1.165, 1.54) is 0 Å². The van der Waals surface area contributed by atoms with Crippen molar-refractivity contribution in [2.24, 2.45) is 0 Å². The molecule has 0 bridgehead atoms. The third kappa shape index (κ3) is 4.47. The van der Waals surface area contributed by atoms with E-state index in [1.807, 2.05) is 18.3 Å². The smallest absolute Gasteiger partial charge is 0.369 e. The van der Waals surface area contributed by atoms with E-state index >= 15 is 0 Å². The van der Waals surface area contributed by atoms with Crippen molar-refractivity contribution in [3.8, 4) is 5.82 Å². The molecule has 0 aliphatic carbocycles. The highest BCUT2D eigenvalue weighted by molar-refractivity contribution is 9.10. The maximum atomic E-state index is 12.2. The largest absolute Gasteiger partial charge is 0.390 e.